The molecule has 0 bridgehead atoms. The van der Waals surface area contributed by atoms with E-state index in [-0.39, 0.29) is 15.8 Å². The van der Waals surface area contributed by atoms with E-state index < -0.39 is 21.8 Å². The SMILES string of the molecule is CN1CC=C(c2cn(S(=O)(=O)c3cccc(N(C)C)c3)c3ccc(C(F)(F)F)cc23)CC1. The highest BCUT2D eigenvalue weighted by Crippen LogP contribution is 2.37. The highest BCUT2D eigenvalue weighted by atomic mass is 32.2. The summed E-state index contributed by atoms with van der Waals surface area (Å²) in [6.45, 7) is 1.40. The lowest BCUT2D eigenvalue weighted by Crippen LogP contribution is -2.23. The molecule has 170 valence electrons. The maximum Gasteiger partial charge on any atom is 0.416 e. The average molecular weight is 464 g/mol. The van der Waals surface area contributed by atoms with Crippen LogP contribution in [0.4, 0.5) is 18.9 Å². The average Bonchev–Trinajstić information content (AvgIpc) is 3.13. The number of halogens is 3. The van der Waals surface area contributed by atoms with Gasteiger partial charge >= 0.3 is 6.18 Å². The van der Waals surface area contributed by atoms with Gasteiger partial charge in [0.15, 0.2) is 0 Å². The van der Waals surface area contributed by atoms with Gasteiger partial charge in [-0.05, 0) is 55.4 Å². The van der Waals surface area contributed by atoms with Crippen LogP contribution in [0.15, 0.2) is 59.6 Å². The summed E-state index contributed by atoms with van der Waals surface area (Å²) in [6, 6.07) is 9.70. The molecule has 0 unspecified atom stereocenters. The van der Waals surface area contributed by atoms with Crippen molar-refractivity contribution in [1.29, 1.82) is 0 Å². The van der Waals surface area contributed by atoms with Crippen LogP contribution in [-0.4, -0.2) is 51.5 Å². The number of hydrogen-bond donors (Lipinski definition) is 0. The van der Waals surface area contributed by atoms with Gasteiger partial charge in [-0.3, -0.25) is 0 Å². The highest BCUT2D eigenvalue weighted by molar-refractivity contribution is 7.90. The van der Waals surface area contributed by atoms with Gasteiger partial charge in [-0.15, -0.1) is 0 Å². The molecule has 1 aliphatic rings. The number of fused-ring (bicyclic) bond motifs is 1. The first-order valence-corrected chi connectivity index (χ1v) is 11.6. The number of nitrogens with zero attached hydrogens (tertiary/aromatic N) is 3. The predicted molar refractivity (Wildman–Crippen MR) is 120 cm³/mol. The van der Waals surface area contributed by atoms with E-state index in [0.717, 1.165) is 28.2 Å². The van der Waals surface area contributed by atoms with E-state index in [1.807, 2.05) is 13.1 Å². The molecule has 0 aliphatic carbocycles. The molecular formula is C23H24F3N3O2S. The van der Waals surface area contributed by atoms with Crippen molar-refractivity contribution >= 4 is 32.2 Å². The van der Waals surface area contributed by atoms with Crippen LogP contribution in [0.2, 0.25) is 0 Å². The Bertz CT molecular complexity index is 1310. The number of alkyl halides is 3. The van der Waals surface area contributed by atoms with Crippen molar-refractivity contribution in [1.82, 2.24) is 8.87 Å². The third kappa shape index (κ3) is 4.02. The molecule has 1 aromatic heterocycles. The second kappa shape index (κ2) is 7.97. The Morgan fingerprint density at radius 2 is 1.81 bits per heavy atom. The predicted octanol–water partition coefficient (Wildman–Crippen LogP) is 4.68. The zero-order valence-electron chi connectivity index (χ0n) is 18.0. The lowest BCUT2D eigenvalue weighted by Gasteiger charge is -2.21. The van der Waals surface area contributed by atoms with Gasteiger partial charge in [0.2, 0.25) is 0 Å². The number of aromatic nitrogens is 1. The normalized spacial score (nSPS) is 15.8. The fourth-order valence-corrected chi connectivity index (χ4v) is 5.29. The molecule has 2 heterocycles. The highest BCUT2D eigenvalue weighted by Gasteiger charge is 2.32. The zero-order chi connectivity index (χ0) is 23.3. The van der Waals surface area contributed by atoms with Gasteiger partial charge in [0.25, 0.3) is 10.0 Å². The molecule has 0 fully saturated rings. The van der Waals surface area contributed by atoms with E-state index in [0.29, 0.717) is 24.2 Å². The Kier molecular flexibility index (Phi) is 5.58. The molecule has 0 amide bonds. The molecule has 4 rings (SSSR count). The van der Waals surface area contributed by atoms with Gasteiger partial charge < -0.3 is 9.80 Å². The first-order valence-electron chi connectivity index (χ1n) is 10.1. The van der Waals surface area contributed by atoms with Gasteiger partial charge in [-0.1, -0.05) is 12.1 Å². The Morgan fingerprint density at radius 1 is 1.06 bits per heavy atom. The fourth-order valence-electron chi connectivity index (χ4n) is 3.88. The first kappa shape index (κ1) is 22.4. The molecule has 0 N–H and O–H groups in total. The minimum Gasteiger partial charge on any atom is -0.378 e. The minimum absolute atomic E-state index is 0.0735. The van der Waals surface area contributed by atoms with E-state index in [9.17, 15) is 21.6 Å². The number of rotatable bonds is 4. The van der Waals surface area contributed by atoms with Crippen LogP contribution >= 0.6 is 0 Å². The smallest absolute Gasteiger partial charge is 0.378 e. The lowest BCUT2D eigenvalue weighted by atomic mass is 9.98. The Labute approximate surface area is 185 Å². The third-order valence-electron chi connectivity index (χ3n) is 5.75. The Morgan fingerprint density at radius 3 is 2.44 bits per heavy atom. The van der Waals surface area contributed by atoms with E-state index in [1.165, 1.54) is 18.3 Å². The van der Waals surface area contributed by atoms with Crippen molar-refractivity contribution in [3.05, 3.63) is 65.9 Å². The molecule has 0 saturated heterocycles. The van der Waals surface area contributed by atoms with Crippen molar-refractivity contribution in [2.45, 2.75) is 17.5 Å². The van der Waals surface area contributed by atoms with Crippen LogP contribution in [0.5, 0.6) is 0 Å². The van der Waals surface area contributed by atoms with E-state index in [2.05, 4.69) is 4.90 Å². The molecule has 3 aromatic rings. The summed E-state index contributed by atoms with van der Waals surface area (Å²) < 4.78 is 68.4. The molecule has 0 radical (unpaired) electrons. The van der Waals surface area contributed by atoms with Crippen molar-refractivity contribution < 1.29 is 21.6 Å². The molecule has 32 heavy (non-hydrogen) atoms. The molecule has 0 spiro atoms. The minimum atomic E-state index is -4.52. The maximum absolute atomic E-state index is 13.5. The quantitative estimate of drug-likeness (QED) is 0.564. The molecule has 0 saturated carbocycles. The number of likely N-dealkylation sites (N-methyl/N-ethyl adjacent to an activating group) is 1. The molecule has 0 atom stereocenters. The standard InChI is InChI=1S/C23H24F3N3O2S/c1-27(2)18-5-4-6-19(14-18)32(30,31)29-15-21(16-9-11-28(3)12-10-16)20-13-17(23(24,25)26)7-8-22(20)29/h4-9,13-15H,10-12H2,1-3H3. The van der Waals surface area contributed by atoms with Crippen molar-refractivity contribution in [2.24, 2.45) is 0 Å². The summed E-state index contributed by atoms with van der Waals surface area (Å²) in [5.41, 5.74) is 1.50. The van der Waals surface area contributed by atoms with Crippen LogP contribution in [0.3, 0.4) is 0 Å². The van der Waals surface area contributed by atoms with Gasteiger partial charge in [-0.25, -0.2) is 12.4 Å². The monoisotopic (exact) mass is 463 g/mol. The number of hydrogen-bond acceptors (Lipinski definition) is 4. The van der Waals surface area contributed by atoms with Gasteiger partial charge in [0, 0.05) is 50.0 Å². The van der Waals surface area contributed by atoms with Crippen LogP contribution in [0.1, 0.15) is 17.5 Å². The third-order valence-corrected chi connectivity index (χ3v) is 7.42. The Balaban J connectivity index is 1.95. The zero-order valence-corrected chi connectivity index (χ0v) is 18.8. The number of anilines is 1. The van der Waals surface area contributed by atoms with Crippen molar-refractivity contribution in [3.63, 3.8) is 0 Å². The van der Waals surface area contributed by atoms with Crippen molar-refractivity contribution in [3.8, 4) is 0 Å². The fraction of sp³-hybridized carbons (Fsp3) is 0.304. The van der Waals surface area contributed by atoms with Gasteiger partial charge in [-0.2, -0.15) is 13.2 Å². The molecule has 2 aromatic carbocycles. The molecular weight excluding hydrogens is 439 g/mol. The van der Waals surface area contributed by atoms with E-state index >= 15 is 0 Å². The van der Waals surface area contributed by atoms with Crippen LogP contribution in [0, 0.1) is 0 Å². The summed E-state index contributed by atoms with van der Waals surface area (Å²) in [4.78, 5) is 3.95. The largest absolute Gasteiger partial charge is 0.416 e. The summed E-state index contributed by atoms with van der Waals surface area (Å²) in [5, 5.41) is 0.281. The molecule has 9 heteroatoms. The van der Waals surface area contributed by atoms with Crippen LogP contribution < -0.4 is 4.90 Å². The second-order valence-electron chi connectivity index (χ2n) is 8.21. The first-order chi connectivity index (χ1) is 15.0. The Hall–Kier alpha value is -2.78. The van der Waals surface area contributed by atoms with E-state index in [1.54, 1.807) is 37.2 Å². The summed E-state index contributed by atoms with van der Waals surface area (Å²) in [7, 11) is 1.54. The second-order valence-corrected chi connectivity index (χ2v) is 10.0. The number of benzene rings is 2. The van der Waals surface area contributed by atoms with Gasteiger partial charge in [0.05, 0.1) is 16.0 Å². The molecule has 1 aliphatic heterocycles. The van der Waals surface area contributed by atoms with E-state index in [4.69, 9.17) is 0 Å². The summed E-state index contributed by atoms with van der Waals surface area (Å²) in [5.74, 6) is 0. The summed E-state index contributed by atoms with van der Waals surface area (Å²) in [6.07, 6.45) is -0.489. The molecule has 5 nitrogen and oxygen atoms in total. The van der Waals surface area contributed by atoms with Crippen LogP contribution in [0.25, 0.3) is 16.5 Å². The van der Waals surface area contributed by atoms with Crippen molar-refractivity contribution in [2.75, 3.05) is 39.1 Å². The van der Waals surface area contributed by atoms with Gasteiger partial charge in [0.1, 0.15) is 0 Å². The summed E-state index contributed by atoms with van der Waals surface area (Å²) >= 11 is 0. The lowest BCUT2D eigenvalue weighted by molar-refractivity contribution is -0.137. The maximum atomic E-state index is 13.5. The topological polar surface area (TPSA) is 45.6 Å². The van der Waals surface area contributed by atoms with Crippen LogP contribution in [-0.2, 0) is 16.2 Å².